The average molecular weight is 197 g/mol. The van der Waals surface area contributed by atoms with E-state index in [1.54, 1.807) is 0 Å². The Labute approximate surface area is 84.7 Å². The summed E-state index contributed by atoms with van der Waals surface area (Å²) in [5, 5.41) is 3.32. The van der Waals surface area contributed by atoms with Gasteiger partial charge in [-0.25, -0.2) is 4.98 Å². The summed E-state index contributed by atoms with van der Waals surface area (Å²) in [6, 6.07) is 6.04. The van der Waals surface area contributed by atoms with Crippen LogP contribution >= 0.6 is 0 Å². The van der Waals surface area contributed by atoms with Gasteiger partial charge in [-0.15, -0.1) is 0 Å². The highest BCUT2D eigenvalue weighted by Crippen LogP contribution is 2.08. The topological polar surface area (TPSA) is 98.2 Å². The molecule has 0 radical (unpaired) electrons. The Morgan fingerprint density at radius 2 is 1.86 bits per heavy atom. The molecule has 1 aromatic heterocycles. The number of pyridine rings is 1. The molecule has 0 amide bonds. The summed E-state index contributed by atoms with van der Waals surface area (Å²) < 4.78 is 0. The summed E-state index contributed by atoms with van der Waals surface area (Å²) in [7, 11) is 0. The summed E-state index contributed by atoms with van der Waals surface area (Å²) in [4.78, 5) is 6.60. The average Bonchev–Trinajstić information content (AvgIpc) is 2.21. The quantitative estimate of drug-likeness (QED) is 0.619. The highest BCUT2D eigenvalue weighted by Gasteiger charge is 2.09. The summed E-state index contributed by atoms with van der Waals surface area (Å²) >= 11 is 0. The number of piperazine rings is 1. The fraction of sp³-hybridized carbons (Fsp3) is 0.444. The molecule has 2 rings (SSSR count). The number of anilines is 1. The SMILES string of the molecule is N.N.c1ccc(N2CCNCC2)nc1. The van der Waals surface area contributed by atoms with Crippen LogP contribution in [-0.2, 0) is 0 Å². The molecule has 1 aliphatic heterocycles. The summed E-state index contributed by atoms with van der Waals surface area (Å²) in [5.41, 5.74) is 0. The lowest BCUT2D eigenvalue weighted by molar-refractivity contribution is 0.585. The third-order valence-electron chi connectivity index (χ3n) is 2.09. The predicted molar refractivity (Wildman–Crippen MR) is 59.4 cm³/mol. The molecule has 1 fully saturated rings. The molecule has 5 heteroatoms. The van der Waals surface area contributed by atoms with Gasteiger partial charge in [0.05, 0.1) is 0 Å². The Kier molecular flexibility index (Phi) is 5.78. The molecule has 7 N–H and O–H groups in total. The van der Waals surface area contributed by atoms with E-state index >= 15 is 0 Å². The van der Waals surface area contributed by atoms with E-state index in [-0.39, 0.29) is 12.3 Å². The van der Waals surface area contributed by atoms with Crippen LogP contribution in [0.15, 0.2) is 24.4 Å². The predicted octanol–water partition coefficient (Wildman–Crippen LogP) is 0.815. The largest absolute Gasteiger partial charge is 0.354 e. The second-order valence-corrected chi connectivity index (χ2v) is 2.92. The molecule has 0 unspecified atom stereocenters. The maximum absolute atomic E-state index is 4.30. The first-order valence-electron chi connectivity index (χ1n) is 4.33. The molecule has 1 aromatic rings. The van der Waals surface area contributed by atoms with Crippen molar-refractivity contribution in [2.45, 2.75) is 0 Å². The van der Waals surface area contributed by atoms with Gasteiger partial charge >= 0.3 is 0 Å². The zero-order valence-corrected chi connectivity index (χ0v) is 8.45. The smallest absolute Gasteiger partial charge is 0.128 e. The molecule has 14 heavy (non-hydrogen) atoms. The van der Waals surface area contributed by atoms with Crippen LogP contribution < -0.4 is 22.5 Å². The summed E-state index contributed by atoms with van der Waals surface area (Å²) in [6.07, 6.45) is 1.84. The maximum Gasteiger partial charge on any atom is 0.128 e. The van der Waals surface area contributed by atoms with Crippen molar-refractivity contribution in [3.8, 4) is 0 Å². The van der Waals surface area contributed by atoms with E-state index in [0.717, 1.165) is 32.0 Å². The molecule has 0 spiro atoms. The van der Waals surface area contributed by atoms with Crippen LogP contribution in [0.4, 0.5) is 5.82 Å². The molecule has 0 aromatic carbocycles. The van der Waals surface area contributed by atoms with Crippen LogP contribution in [0.1, 0.15) is 0 Å². The number of aromatic nitrogens is 1. The van der Waals surface area contributed by atoms with E-state index in [4.69, 9.17) is 0 Å². The van der Waals surface area contributed by atoms with E-state index in [2.05, 4.69) is 21.3 Å². The van der Waals surface area contributed by atoms with Gasteiger partial charge in [0.1, 0.15) is 5.82 Å². The van der Waals surface area contributed by atoms with E-state index in [1.165, 1.54) is 0 Å². The zero-order chi connectivity index (χ0) is 8.23. The number of nitrogens with zero attached hydrogens (tertiary/aromatic N) is 2. The van der Waals surface area contributed by atoms with E-state index in [9.17, 15) is 0 Å². The van der Waals surface area contributed by atoms with Gasteiger partial charge in [0.2, 0.25) is 0 Å². The van der Waals surface area contributed by atoms with Gasteiger partial charge in [-0.2, -0.15) is 0 Å². The third kappa shape index (κ3) is 2.95. The minimum absolute atomic E-state index is 0. The highest BCUT2D eigenvalue weighted by molar-refractivity contribution is 5.38. The fourth-order valence-corrected chi connectivity index (χ4v) is 1.43. The molecular formula is C9H19N5. The van der Waals surface area contributed by atoms with E-state index in [0.29, 0.717) is 0 Å². The molecule has 1 aliphatic rings. The Bertz CT molecular complexity index is 232. The van der Waals surface area contributed by atoms with Crippen LogP contribution in [0, 0.1) is 0 Å². The van der Waals surface area contributed by atoms with Crippen molar-refractivity contribution in [3.05, 3.63) is 24.4 Å². The van der Waals surface area contributed by atoms with Gasteiger partial charge in [-0.05, 0) is 12.1 Å². The molecule has 80 valence electrons. The van der Waals surface area contributed by atoms with Gasteiger partial charge in [0.25, 0.3) is 0 Å². The monoisotopic (exact) mass is 197 g/mol. The van der Waals surface area contributed by atoms with Crippen molar-refractivity contribution in [1.29, 1.82) is 0 Å². The lowest BCUT2D eigenvalue weighted by atomic mass is 10.3. The normalized spacial score (nSPS) is 15.3. The van der Waals surface area contributed by atoms with Crippen molar-refractivity contribution in [3.63, 3.8) is 0 Å². The van der Waals surface area contributed by atoms with Crippen LogP contribution in [0.2, 0.25) is 0 Å². The van der Waals surface area contributed by atoms with Gasteiger partial charge < -0.3 is 22.5 Å². The Hall–Kier alpha value is -1.17. The molecule has 1 saturated heterocycles. The molecule has 0 aliphatic carbocycles. The van der Waals surface area contributed by atoms with Crippen LogP contribution in [0.25, 0.3) is 0 Å². The molecular weight excluding hydrogens is 178 g/mol. The van der Waals surface area contributed by atoms with Crippen LogP contribution in [-0.4, -0.2) is 31.2 Å². The van der Waals surface area contributed by atoms with E-state index < -0.39 is 0 Å². The van der Waals surface area contributed by atoms with Crippen molar-refractivity contribution in [2.24, 2.45) is 0 Å². The van der Waals surface area contributed by atoms with Gasteiger partial charge in [0.15, 0.2) is 0 Å². The number of rotatable bonds is 1. The molecule has 0 atom stereocenters. The first-order chi connectivity index (χ1) is 5.97. The number of nitrogens with one attached hydrogen (secondary N) is 1. The minimum atomic E-state index is 0. The Balaban J connectivity index is 0.000000845. The number of hydrogen-bond acceptors (Lipinski definition) is 5. The molecule has 5 nitrogen and oxygen atoms in total. The van der Waals surface area contributed by atoms with Crippen molar-refractivity contribution >= 4 is 5.82 Å². The van der Waals surface area contributed by atoms with Crippen molar-refractivity contribution < 1.29 is 0 Å². The third-order valence-corrected chi connectivity index (χ3v) is 2.09. The molecule has 0 bridgehead atoms. The second kappa shape index (κ2) is 6.31. The molecule has 2 heterocycles. The first kappa shape index (κ1) is 12.8. The second-order valence-electron chi connectivity index (χ2n) is 2.92. The fourth-order valence-electron chi connectivity index (χ4n) is 1.43. The van der Waals surface area contributed by atoms with Gasteiger partial charge in [0, 0.05) is 32.4 Å². The van der Waals surface area contributed by atoms with Crippen molar-refractivity contribution in [1.82, 2.24) is 22.6 Å². The summed E-state index contributed by atoms with van der Waals surface area (Å²) in [5.74, 6) is 1.10. The maximum atomic E-state index is 4.30. The first-order valence-corrected chi connectivity index (χ1v) is 4.33. The van der Waals surface area contributed by atoms with Crippen molar-refractivity contribution in [2.75, 3.05) is 31.1 Å². The zero-order valence-electron chi connectivity index (χ0n) is 8.45. The molecule has 0 saturated carbocycles. The van der Waals surface area contributed by atoms with Gasteiger partial charge in [-0.1, -0.05) is 6.07 Å². The van der Waals surface area contributed by atoms with Crippen LogP contribution in [0.5, 0.6) is 0 Å². The summed E-state index contributed by atoms with van der Waals surface area (Å²) in [6.45, 7) is 4.27. The minimum Gasteiger partial charge on any atom is -0.354 e. The number of hydrogen-bond donors (Lipinski definition) is 3. The Morgan fingerprint density at radius 3 is 2.43 bits per heavy atom. The van der Waals surface area contributed by atoms with Gasteiger partial charge in [-0.3, -0.25) is 0 Å². The standard InChI is InChI=1S/C9H13N3.2H3N/c1-2-4-11-9(3-1)12-7-5-10-6-8-12;;/h1-4,10H,5-8H2;2*1H3. The van der Waals surface area contributed by atoms with Crippen LogP contribution in [0.3, 0.4) is 0 Å². The Morgan fingerprint density at radius 1 is 1.14 bits per heavy atom. The van der Waals surface area contributed by atoms with E-state index in [1.807, 2.05) is 18.3 Å². The lowest BCUT2D eigenvalue weighted by Gasteiger charge is -2.28. The lowest BCUT2D eigenvalue weighted by Crippen LogP contribution is -2.43. The highest BCUT2D eigenvalue weighted by atomic mass is 15.2.